The lowest BCUT2D eigenvalue weighted by Crippen LogP contribution is -2.36. The predicted octanol–water partition coefficient (Wildman–Crippen LogP) is 2.54. The van der Waals surface area contributed by atoms with Crippen LogP contribution >= 0.6 is 0 Å². The molecular formula is C16H27N3O. The SMILES string of the molecule is CCc1cnc(CN(C)[C@@H]2CCN(CC3CCC3)C2)o1. The molecule has 1 aromatic heterocycles. The van der Waals surface area contributed by atoms with E-state index in [1.807, 2.05) is 6.20 Å². The summed E-state index contributed by atoms with van der Waals surface area (Å²) in [6, 6.07) is 0.659. The summed E-state index contributed by atoms with van der Waals surface area (Å²) in [5, 5.41) is 0. The van der Waals surface area contributed by atoms with Crippen molar-refractivity contribution >= 4 is 0 Å². The van der Waals surface area contributed by atoms with E-state index < -0.39 is 0 Å². The highest BCUT2D eigenvalue weighted by Crippen LogP contribution is 2.28. The maximum Gasteiger partial charge on any atom is 0.208 e. The van der Waals surface area contributed by atoms with Crippen LogP contribution < -0.4 is 0 Å². The lowest BCUT2D eigenvalue weighted by Gasteiger charge is -2.30. The number of nitrogens with zero attached hydrogens (tertiary/aromatic N) is 3. The lowest BCUT2D eigenvalue weighted by molar-refractivity contribution is 0.176. The number of hydrogen-bond donors (Lipinski definition) is 0. The van der Waals surface area contributed by atoms with Gasteiger partial charge in [0.2, 0.25) is 5.89 Å². The topological polar surface area (TPSA) is 32.5 Å². The molecular weight excluding hydrogens is 250 g/mol. The minimum atomic E-state index is 0.659. The van der Waals surface area contributed by atoms with Gasteiger partial charge in [-0.3, -0.25) is 4.90 Å². The Balaban J connectivity index is 1.46. The van der Waals surface area contributed by atoms with Gasteiger partial charge < -0.3 is 9.32 Å². The van der Waals surface area contributed by atoms with Crippen LogP contribution in [0.3, 0.4) is 0 Å². The fourth-order valence-corrected chi connectivity index (χ4v) is 3.31. The zero-order chi connectivity index (χ0) is 13.9. The van der Waals surface area contributed by atoms with Crippen molar-refractivity contribution in [1.29, 1.82) is 0 Å². The minimum absolute atomic E-state index is 0.659. The van der Waals surface area contributed by atoms with Gasteiger partial charge in [-0.25, -0.2) is 4.98 Å². The van der Waals surface area contributed by atoms with E-state index in [0.717, 1.165) is 30.5 Å². The van der Waals surface area contributed by atoms with Gasteiger partial charge in [-0.1, -0.05) is 13.3 Å². The van der Waals surface area contributed by atoms with E-state index in [4.69, 9.17) is 4.42 Å². The maximum atomic E-state index is 5.71. The van der Waals surface area contributed by atoms with Gasteiger partial charge in [0.15, 0.2) is 0 Å². The van der Waals surface area contributed by atoms with Gasteiger partial charge in [0, 0.05) is 25.6 Å². The summed E-state index contributed by atoms with van der Waals surface area (Å²) in [4.78, 5) is 9.43. The Morgan fingerprint density at radius 1 is 1.40 bits per heavy atom. The first-order chi connectivity index (χ1) is 9.74. The number of rotatable bonds is 6. The molecule has 1 aromatic rings. The number of likely N-dealkylation sites (tertiary alicyclic amines) is 1. The summed E-state index contributed by atoms with van der Waals surface area (Å²) in [6.45, 7) is 6.74. The first-order valence-electron chi connectivity index (χ1n) is 8.10. The van der Waals surface area contributed by atoms with E-state index in [1.54, 1.807) is 0 Å². The van der Waals surface area contributed by atoms with E-state index in [9.17, 15) is 0 Å². The van der Waals surface area contributed by atoms with Crippen molar-refractivity contribution in [2.75, 3.05) is 26.7 Å². The Bertz CT molecular complexity index is 427. The van der Waals surface area contributed by atoms with E-state index in [1.165, 1.54) is 45.3 Å². The lowest BCUT2D eigenvalue weighted by atomic mass is 9.85. The molecule has 0 amide bonds. The Kier molecular flexibility index (Phi) is 4.41. The van der Waals surface area contributed by atoms with Crippen molar-refractivity contribution in [2.24, 2.45) is 5.92 Å². The van der Waals surface area contributed by atoms with Gasteiger partial charge in [0.1, 0.15) is 5.76 Å². The fraction of sp³-hybridized carbons (Fsp3) is 0.812. The first-order valence-corrected chi connectivity index (χ1v) is 8.10. The van der Waals surface area contributed by atoms with Crippen LogP contribution in [0.15, 0.2) is 10.6 Å². The summed E-state index contributed by atoms with van der Waals surface area (Å²) in [7, 11) is 2.20. The summed E-state index contributed by atoms with van der Waals surface area (Å²) < 4.78 is 5.71. The zero-order valence-corrected chi connectivity index (χ0v) is 12.8. The van der Waals surface area contributed by atoms with Crippen molar-refractivity contribution in [3.8, 4) is 0 Å². The second-order valence-electron chi connectivity index (χ2n) is 6.49. The van der Waals surface area contributed by atoms with E-state index in [-0.39, 0.29) is 0 Å². The molecule has 0 bridgehead atoms. The van der Waals surface area contributed by atoms with Crippen LogP contribution in [-0.2, 0) is 13.0 Å². The van der Waals surface area contributed by atoms with Crippen LogP contribution in [0, 0.1) is 5.92 Å². The van der Waals surface area contributed by atoms with Crippen LogP contribution in [-0.4, -0.2) is 47.5 Å². The Labute approximate surface area is 122 Å². The summed E-state index contributed by atoms with van der Waals surface area (Å²) in [5.41, 5.74) is 0. The molecule has 4 heteroatoms. The highest BCUT2D eigenvalue weighted by atomic mass is 16.4. The Morgan fingerprint density at radius 2 is 2.25 bits per heavy atom. The van der Waals surface area contributed by atoms with E-state index in [2.05, 4.69) is 28.8 Å². The second kappa shape index (κ2) is 6.27. The van der Waals surface area contributed by atoms with Gasteiger partial charge in [-0.15, -0.1) is 0 Å². The Hall–Kier alpha value is -0.870. The number of aromatic nitrogens is 1. The summed E-state index contributed by atoms with van der Waals surface area (Å²) in [6.07, 6.45) is 8.42. The smallest absolute Gasteiger partial charge is 0.208 e. The third-order valence-electron chi connectivity index (χ3n) is 4.95. The molecule has 0 radical (unpaired) electrons. The average molecular weight is 277 g/mol. The monoisotopic (exact) mass is 277 g/mol. The van der Waals surface area contributed by atoms with Crippen molar-refractivity contribution in [3.05, 3.63) is 17.8 Å². The summed E-state index contributed by atoms with van der Waals surface area (Å²) >= 11 is 0. The van der Waals surface area contributed by atoms with Crippen LogP contribution in [0.4, 0.5) is 0 Å². The molecule has 1 saturated carbocycles. The zero-order valence-electron chi connectivity index (χ0n) is 12.8. The van der Waals surface area contributed by atoms with Gasteiger partial charge in [0.05, 0.1) is 12.7 Å². The average Bonchev–Trinajstić information content (AvgIpc) is 3.02. The van der Waals surface area contributed by atoms with Gasteiger partial charge in [0.25, 0.3) is 0 Å². The number of oxazole rings is 1. The second-order valence-corrected chi connectivity index (χ2v) is 6.49. The number of likely N-dealkylation sites (N-methyl/N-ethyl adjacent to an activating group) is 1. The van der Waals surface area contributed by atoms with E-state index >= 15 is 0 Å². The third-order valence-corrected chi connectivity index (χ3v) is 4.95. The molecule has 0 unspecified atom stereocenters. The molecule has 20 heavy (non-hydrogen) atoms. The predicted molar refractivity (Wildman–Crippen MR) is 79.5 cm³/mol. The van der Waals surface area contributed by atoms with Crippen LogP contribution in [0.2, 0.25) is 0 Å². The highest BCUT2D eigenvalue weighted by Gasteiger charge is 2.29. The van der Waals surface area contributed by atoms with Crippen molar-refractivity contribution < 1.29 is 4.42 Å². The maximum absolute atomic E-state index is 5.71. The fourth-order valence-electron chi connectivity index (χ4n) is 3.31. The van der Waals surface area contributed by atoms with Gasteiger partial charge in [-0.05, 0) is 38.8 Å². The third kappa shape index (κ3) is 3.23. The number of hydrogen-bond acceptors (Lipinski definition) is 4. The molecule has 3 rings (SSSR count). The molecule has 0 spiro atoms. The summed E-state index contributed by atoms with van der Waals surface area (Å²) in [5.74, 6) is 2.84. The van der Waals surface area contributed by atoms with Crippen molar-refractivity contribution in [3.63, 3.8) is 0 Å². The standard InChI is InChI=1S/C16H27N3O/c1-3-15-9-17-16(20-15)12-18(2)14-7-8-19(11-14)10-13-5-4-6-13/h9,13-14H,3-8,10-12H2,1-2H3/t14-/m1/s1. The molecule has 2 heterocycles. The minimum Gasteiger partial charge on any atom is -0.444 e. The molecule has 1 saturated heterocycles. The Morgan fingerprint density at radius 3 is 2.90 bits per heavy atom. The largest absolute Gasteiger partial charge is 0.444 e. The normalized spacial score (nSPS) is 24.4. The first kappa shape index (κ1) is 14.1. The molecule has 1 atom stereocenters. The molecule has 4 nitrogen and oxygen atoms in total. The number of aryl methyl sites for hydroxylation is 1. The molecule has 1 aliphatic carbocycles. The molecule has 112 valence electrons. The molecule has 0 N–H and O–H groups in total. The van der Waals surface area contributed by atoms with Crippen molar-refractivity contribution in [1.82, 2.24) is 14.8 Å². The molecule has 0 aromatic carbocycles. The molecule has 2 fully saturated rings. The molecule has 1 aliphatic heterocycles. The van der Waals surface area contributed by atoms with Gasteiger partial charge in [-0.2, -0.15) is 0 Å². The highest BCUT2D eigenvalue weighted by molar-refractivity contribution is 4.94. The van der Waals surface area contributed by atoms with Crippen molar-refractivity contribution in [2.45, 2.75) is 51.6 Å². The quantitative estimate of drug-likeness (QED) is 0.800. The van der Waals surface area contributed by atoms with Crippen LogP contribution in [0.25, 0.3) is 0 Å². The molecule has 2 aliphatic rings. The van der Waals surface area contributed by atoms with Gasteiger partial charge >= 0.3 is 0 Å². The van der Waals surface area contributed by atoms with Crippen LogP contribution in [0.5, 0.6) is 0 Å². The van der Waals surface area contributed by atoms with Crippen LogP contribution in [0.1, 0.15) is 44.3 Å². The van der Waals surface area contributed by atoms with E-state index in [0.29, 0.717) is 6.04 Å².